The number of allylic oxidation sites excluding steroid dienone is 1. The Balaban J connectivity index is 1.56. The van der Waals surface area contributed by atoms with Crippen molar-refractivity contribution < 1.29 is 19.0 Å². The minimum absolute atomic E-state index is 0.143. The van der Waals surface area contributed by atoms with E-state index < -0.39 is 0 Å². The number of hydrogen-bond acceptors (Lipinski definition) is 4. The smallest absolute Gasteiger partial charge is 0.231 e. The van der Waals surface area contributed by atoms with Crippen LogP contribution in [0.2, 0.25) is 5.02 Å². The second-order valence-electron chi connectivity index (χ2n) is 6.70. The molecule has 0 saturated heterocycles. The van der Waals surface area contributed by atoms with E-state index in [1.807, 2.05) is 55.5 Å². The molecule has 4 rings (SSSR count). The van der Waals surface area contributed by atoms with Crippen molar-refractivity contribution in [1.29, 1.82) is 0 Å². The minimum atomic E-state index is -0.143. The Bertz CT molecular complexity index is 1100. The average molecular weight is 407 g/mol. The van der Waals surface area contributed by atoms with Gasteiger partial charge >= 0.3 is 0 Å². The van der Waals surface area contributed by atoms with Crippen LogP contribution in [0.5, 0.6) is 17.2 Å². The maximum Gasteiger partial charge on any atom is 0.231 e. The lowest BCUT2D eigenvalue weighted by Crippen LogP contribution is -1.98. The normalized spacial score (nSPS) is 13.9. The summed E-state index contributed by atoms with van der Waals surface area (Å²) in [5.41, 5.74) is 3.16. The van der Waals surface area contributed by atoms with Crippen LogP contribution in [-0.2, 0) is 6.61 Å². The van der Waals surface area contributed by atoms with Gasteiger partial charge in [-0.3, -0.25) is 4.79 Å². The zero-order valence-electron chi connectivity index (χ0n) is 16.1. The first kappa shape index (κ1) is 19.1. The van der Waals surface area contributed by atoms with E-state index >= 15 is 0 Å². The Labute approximate surface area is 174 Å². The number of benzene rings is 3. The molecule has 0 bridgehead atoms. The fourth-order valence-electron chi connectivity index (χ4n) is 3.15. The highest BCUT2D eigenvalue weighted by Gasteiger charge is 2.30. The third-order valence-corrected chi connectivity index (χ3v) is 4.99. The van der Waals surface area contributed by atoms with E-state index in [0.717, 1.165) is 22.4 Å². The Morgan fingerprint density at radius 2 is 1.86 bits per heavy atom. The third kappa shape index (κ3) is 3.98. The number of hydrogen-bond donors (Lipinski definition) is 0. The summed E-state index contributed by atoms with van der Waals surface area (Å²) in [5, 5.41) is 0.685. The molecule has 4 nitrogen and oxygen atoms in total. The number of methoxy groups -OCH3 is 1. The molecule has 3 aromatic carbocycles. The van der Waals surface area contributed by atoms with Crippen LogP contribution in [-0.4, -0.2) is 12.9 Å². The van der Waals surface area contributed by atoms with Crippen molar-refractivity contribution >= 4 is 23.5 Å². The van der Waals surface area contributed by atoms with E-state index in [-0.39, 0.29) is 11.5 Å². The molecule has 0 aromatic heterocycles. The number of fused-ring (bicyclic) bond motifs is 1. The lowest BCUT2D eigenvalue weighted by Gasteiger charge is -2.11. The van der Waals surface area contributed by atoms with Crippen molar-refractivity contribution in [2.75, 3.05) is 7.11 Å². The van der Waals surface area contributed by atoms with Crippen molar-refractivity contribution in [1.82, 2.24) is 0 Å². The van der Waals surface area contributed by atoms with Gasteiger partial charge in [0.25, 0.3) is 0 Å². The summed E-state index contributed by atoms with van der Waals surface area (Å²) in [6.07, 6.45) is 1.72. The third-order valence-electron chi connectivity index (χ3n) is 4.74. The van der Waals surface area contributed by atoms with Crippen molar-refractivity contribution in [2.24, 2.45) is 0 Å². The number of ether oxygens (including phenoxy) is 3. The fraction of sp³-hybridized carbons (Fsp3) is 0.125. The SMILES string of the molecule is COc1cccc(/C=C2\Oc3c(ccc(OCc4ccc(Cl)cc4)c3C)C2=O)c1. The van der Waals surface area contributed by atoms with Crippen LogP contribution in [0.1, 0.15) is 27.0 Å². The van der Waals surface area contributed by atoms with E-state index in [4.69, 9.17) is 25.8 Å². The summed E-state index contributed by atoms with van der Waals surface area (Å²) in [6.45, 7) is 2.29. The zero-order chi connectivity index (χ0) is 20.4. The zero-order valence-corrected chi connectivity index (χ0v) is 16.8. The molecule has 146 valence electrons. The molecule has 5 heteroatoms. The summed E-state index contributed by atoms with van der Waals surface area (Å²) < 4.78 is 17.1. The molecule has 1 aliphatic rings. The van der Waals surface area contributed by atoms with E-state index in [0.29, 0.717) is 28.7 Å². The summed E-state index contributed by atoms with van der Waals surface area (Å²) in [4.78, 5) is 12.8. The maximum atomic E-state index is 12.8. The molecule has 0 unspecified atom stereocenters. The number of rotatable bonds is 5. The molecule has 29 heavy (non-hydrogen) atoms. The predicted molar refractivity (Wildman–Crippen MR) is 113 cm³/mol. The van der Waals surface area contributed by atoms with Crippen molar-refractivity contribution in [3.05, 3.63) is 93.7 Å². The highest BCUT2D eigenvalue weighted by molar-refractivity contribution is 6.30. The van der Waals surface area contributed by atoms with Crippen LogP contribution in [0.15, 0.2) is 66.4 Å². The first-order chi connectivity index (χ1) is 14.0. The molecule has 0 N–H and O–H groups in total. The molecule has 0 amide bonds. The molecule has 0 spiro atoms. The highest BCUT2D eigenvalue weighted by atomic mass is 35.5. The van der Waals surface area contributed by atoms with Crippen LogP contribution in [0.4, 0.5) is 0 Å². The monoisotopic (exact) mass is 406 g/mol. The van der Waals surface area contributed by atoms with E-state index in [1.165, 1.54) is 0 Å². The largest absolute Gasteiger partial charge is 0.497 e. The summed E-state index contributed by atoms with van der Waals surface area (Å²) >= 11 is 5.92. The average Bonchev–Trinajstić information content (AvgIpc) is 3.05. The molecule has 1 heterocycles. The standard InChI is InChI=1S/C24H19ClO4/c1-15-21(28-14-16-6-8-18(25)9-7-16)11-10-20-23(26)22(29-24(15)20)13-17-4-3-5-19(12-17)27-2/h3-13H,14H2,1-2H3/b22-13-. The number of ketones is 1. The van der Waals surface area contributed by atoms with Crippen LogP contribution < -0.4 is 14.2 Å². The van der Waals surface area contributed by atoms with Crippen LogP contribution in [0.3, 0.4) is 0 Å². The Hall–Kier alpha value is -3.24. The second kappa shape index (κ2) is 8.02. The van der Waals surface area contributed by atoms with Crippen molar-refractivity contribution in [2.45, 2.75) is 13.5 Å². The minimum Gasteiger partial charge on any atom is -0.497 e. The van der Waals surface area contributed by atoms with Gasteiger partial charge in [0.05, 0.1) is 12.7 Å². The lowest BCUT2D eigenvalue weighted by atomic mass is 10.1. The van der Waals surface area contributed by atoms with Gasteiger partial charge in [-0.1, -0.05) is 35.9 Å². The van der Waals surface area contributed by atoms with Gasteiger partial charge in [-0.25, -0.2) is 0 Å². The molecule has 1 aliphatic heterocycles. The van der Waals surface area contributed by atoms with Gasteiger partial charge in [0, 0.05) is 10.6 Å². The molecule has 3 aromatic rings. The Kier molecular flexibility index (Phi) is 5.28. The van der Waals surface area contributed by atoms with Crippen LogP contribution >= 0.6 is 11.6 Å². The van der Waals surface area contributed by atoms with E-state index in [1.54, 1.807) is 25.3 Å². The molecule has 0 fully saturated rings. The predicted octanol–water partition coefficient (Wildman–Crippen LogP) is 5.85. The molecule has 0 aliphatic carbocycles. The quantitative estimate of drug-likeness (QED) is 0.498. The second-order valence-corrected chi connectivity index (χ2v) is 7.13. The summed E-state index contributed by atoms with van der Waals surface area (Å²) in [7, 11) is 1.61. The number of carbonyl (C=O) groups excluding carboxylic acids is 1. The molecular formula is C24H19ClO4. The maximum absolute atomic E-state index is 12.8. The summed E-state index contributed by atoms with van der Waals surface area (Å²) in [5.74, 6) is 2.07. The molecular weight excluding hydrogens is 388 g/mol. The van der Waals surface area contributed by atoms with Gasteiger partial charge in [0.2, 0.25) is 5.78 Å². The van der Waals surface area contributed by atoms with Gasteiger partial charge in [-0.2, -0.15) is 0 Å². The topological polar surface area (TPSA) is 44.8 Å². The van der Waals surface area contributed by atoms with Gasteiger partial charge in [-0.15, -0.1) is 0 Å². The van der Waals surface area contributed by atoms with Gasteiger partial charge in [-0.05, 0) is 60.5 Å². The number of carbonyl (C=O) groups is 1. The Morgan fingerprint density at radius 3 is 2.62 bits per heavy atom. The number of halogens is 1. The highest BCUT2D eigenvalue weighted by Crippen LogP contribution is 2.39. The van der Waals surface area contributed by atoms with Gasteiger partial charge in [0.1, 0.15) is 23.9 Å². The molecule has 0 radical (unpaired) electrons. The van der Waals surface area contributed by atoms with Gasteiger partial charge in [0.15, 0.2) is 5.76 Å². The first-order valence-electron chi connectivity index (χ1n) is 9.14. The summed E-state index contributed by atoms with van der Waals surface area (Å²) in [6, 6.07) is 18.5. The fourth-order valence-corrected chi connectivity index (χ4v) is 3.27. The first-order valence-corrected chi connectivity index (χ1v) is 9.52. The molecule has 0 atom stereocenters. The van der Waals surface area contributed by atoms with Crippen LogP contribution in [0.25, 0.3) is 6.08 Å². The Morgan fingerprint density at radius 1 is 1.07 bits per heavy atom. The van der Waals surface area contributed by atoms with Crippen molar-refractivity contribution in [3.63, 3.8) is 0 Å². The van der Waals surface area contributed by atoms with E-state index in [2.05, 4.69) is 0 Å². The lowest BCUT2D eigenvalue weighted by molar-refractivity contribution is 0.101. The van der Waals surface area contributed by atoms with Gasteiger partial charge < -0.3 is 14.2 Å². The van der Waals surface area contributed by atoms with Crippen LogP contribution in [0, 0.1) is 6.92 Å². The molecule has 0 saturated carbocycles. The number of Topliss-reactive ketones (excluding diaryl/α,β-unsaturated/α-hetero) is 1. The van der Waals surface area contributed by atoms with E-state index in [9.17, 15) is 4.79 Å². The van der Waals surface area contributed by atoms with Crippen molar-refractivity contribution in [3.8, 4) is 17.2 Å².